The molecule has 0 amide bonds. The molecule has 0 rings (SSSR count). The molecule has 0 spiro atoms. The lowest BCUT2D eigenvalue weighted by Gasteiger charge is -2.30. The van der Waals surface area contributed by atoms with Crippen LogP contribution in [0.1, 0.15) is 48.5 Å². The van der Waals surface area contributed by atoms with Crippen LogP contribution in [-0.4, -0.2) is 30.1 Å². The summed E-state index contributed by atoms with van der Waals surface area (Å²) in [4.78, 5) is 22.0. The normalized spacial score (nSPS) is 13.6. The Hall–Kier alpha value is -0.650. The lowest BCUT2D eigenvalue weighted by molar-refractivity contribution is -0.443. The molecule has 0 aromatic heterocycles. The second-order valence-electron chi connectivity index (χ2n) is 5.78. The fourth-order valence-corrected chi connectivity index (χ4v) is 0.674. The third-order valence-corrected chi connectivity index (χ3v) is 1.83. The van der Waals surface area contributed by atoms with E-state index in [0.717, 1.165) is 0 Å². The maximum Gasteiger partial charge on any atom is 0.341 e. The minimum absolute atomic E-state index is 0.489. The molecule has 0 unspecified atom stereocenters. The van der Waals surface area contributed by atoms with E-state index < -0.39 is 23.0 Å². The zero-order valence-corrected chi connectivity index (χ0v) is 12.0. The van der Waals surface area contributed by atoms with Gasteiger partial charge in [0.1, 0.15) is 5.60 Å². The summed E-state index contributed by atoms with van der Waals surface area (Å²) >= 11 is 0. The standard InChI is InChI=1S/C12H24O5/c1-10(2,3)15-9(13)11(4,5)16-17-12(6,7)14-8/h1-8H3. The van der Waals surface area contributed by atoms with Crippen LogP contribution in [0.25, 0.3) is 0 Å². The minimum atomic E-state index is -1.19. The monoisotopic (exact) mass is 248 g/mol. The van der Waals surface area contributed by atoms with Gasteiger partial charge < -0.3 is 9.47 Å². The SMILES string of the molecule is COC(C)(C)OOC(C)(C)C(=O)OC(C)(C)C. The summed E-state index contributed by atoms with van der Waals surface area (Å²) in [7, 11) is 1.49. The molecule has 0 radical (unpaired) electrons. The highest BCUT2D eigenvalue weighted by atomic mass is 17.2. The zero-order chi connectivity index (χ0) is 13.9. The van der Waals surface area contributed by atoms with E-state index in [-0.39, 0.29) is 0 Å². The van der Waals surface area contributed by atoms with E-state index in [0.29, 0.717) is 0 Å². The molecule has 0 atom stereocenters. The van der Waals surface area contributed by atoms with Crippen molar-refractivity contribution < 1.29 is 24.0 Å². The first-order valence-corrected chi connectivity index (χ1v) is 5.55. The van der Waals surface area contributed by atoms with E-state index >= 15 is 0 Å². The third kappa shape index (κ3) is 6.61. The van der Waals surface area contributed by atoms with E-state index in [2.05, 4.69) is 0 Å². The van der Waals surface area contributed by atoms with Gasteiger partial charge in [0.15, 0.2) is 11.4 Å². The Kier molecular flexibility index (Phi) is 5.13. The van der Waals surface area contributed by atoms with Crippen molar-refractivity contribution in [2.45, 2.75) is 65.5 Å². The van der Waals surface area contributed by atoms with Crippen molar-refractivity contribution in [3.63, 3.8) is 0 Å². The van der Waals surface area contributed by atoms with Gasteiger partial charge >= 0.3 is 5.97 Å². The Morgan fingerprint density at radius 2 is 1.35 bits per heavy atom. The Labute approximate surface area is 103 Å². The summed E-state index contributed by atoms with van der Waals surface area (Å²) in [5, 5.41) is 0. The lowest BCUT2D eigenvalue weighted by atomic mass is 10.1. The van der Waals surface area contributed by atoms with E-state index in [1.807, 2.05) is 0 Å². The first kappa shape index (κ1) is 16.4. The molecule has 0 heterocycles. The number of rotatable bonds is 5. The van der Waals surface area contributed by atoms with Crippen molar-refractivity contribution >= 4 is 5.97 Å². The van der Waals surface area contributed by atoms with Crippen molar-refractivity contribution in [2.24, 2.45) is 0 Å². The predicted octanol–water partition coefficient (Wildman–Crippen LogP) is 2.44. The van der Waals surface area contributed by atoms with Crippen LogP contribution < -0.4 is 0 Å². The highest BCUT2D eigenvalue weighted by Gasteiger charge is 2.37. The van der Waals surface area contributed by atoms with Gasteiger partial charge in [0, 0.05) is 7.11 Å². The van der Waals surface area contributed by atoms with E-state index in [1.165, 1.54) is 7.11 Å². The summed E-state index contributed by atoms with van der Waals surface area (Å²) in [5.74, 6) is -1.41. The Bertz CT molecular complexity index is 263. The number of carbonyl (C=O) groups excluding carboxylic acids is 1. The van der Waals surface area contributed by atoms with Crippen molar-refractivity contribution in [3.8, 4) is 0 Å². The second-order valence-corrected chi connectivity index (χ2v) is 5.78. The van der Waals surface area contributed by atoms with Gasteiger partial charge in [0.25, 0.3) is 0 Å². The molecule has 0 N–H and O–H groups in total. The molecule has 5 heteroatoms. The Morgan fingerprint density at radius 3 is 1.71 bits per heavy atom. The molecule has 0 aliphatic carbocycles. The Balaban J connectivity index is 4.43. The van der Waals surface area contributed by atoms with Crippen LogP contribution in [0.2, 0.25) is 0 Å². The molecule has 102 valence electrons. The van der Waals surface area contributed by atoms with Gasteiger partial charge in [0.05, 0.1) is 0 Å². The molecule has 0 fully saturated rings. The summed E-state index contributed by atoms with van der Waals surface area (Å²) in [5.41, 5.74) is -1.75. The maximum absolute atomic E-state index is 11.8. The quantitative estimate of drug-likeness (QED) is 0.324. The molecule has 0 saturated carbocycles. The van der Waals surface area contributed by atoms with E-state index in [9.17, 15) is 4.79 Å². The van der Waals surface area contributed by atoms with Crippen LogP contribution in [0.5, 0.6) is 0 Å². The summed E-state index contributed by atoms with van der Waals surface area (Å²) in [6.45, 7) is 11.9. The summed E-state index contributed by atoms with van der Waals surface area (Å²) in [6.07, 6.45) is 0. The first-order chi connectivity index (χ1) is 7.40. The van der Waals surface area contributed by atoms with Crippen LogP contribution in [0, 0.1) is 0 Å². The zero-order valence-electron chi connectivity index (χ0n) is 12.0. The summed E-state index contributed by atoms with van der Waals surface area (Å²) < 4.78 is 10.2. The van der Waals surface area contributed by atoms with Crippen LogP contribution >= 0.6 is 0 Å². The summed E-state index contributed by atoms with van der Waals surface area (Å²) in [6, 6.07) is 0. The van der Waals surface area contributed by atoms with Crippen molar-refractivity contribution in [3.05, 3.63) is 0 Å². The van der Waals surface area contributed by atoms with Crippen LogP contribution in [0.4, 0.5) is 0 Å². The van der Waals surface area contributed by atoms with E-state index in [4.69, 9.17) is 19.2 Å². The molecule has 0 bridgehead atoms. The molecule has 0 aliphatic rings. The fraction of sp³-hybridized carbons (Fsp3) is 0.917. The number of carbonyl (C=O) groups is 1. The lowest BCUT2D eigenvalue weighted by Crippen LogP contribution is -2.43. The highest BCUT2D eigenvalue weighted by Crippen LogP contribution is 2.21. The number of methoxy groups -OCH3 is 1. The van der Waals surface area contributed by atoms with Crippen molar-refractivity contribution in [1.82, 2.24) is 0 Å². The number of esters is 1. The molecular formula is C12H24O5. The third-order valence-electron chi connectivity index (χ3n) is 1.83. The molecule has 0 saturated heterocycles. The maximum atomic E-state index is 11.8. The number of hydrogen-bond acceptors (Lipinski definition) is 5. The topological polar surface area (TPSA) is 54.0 Å². The second kappa shape index (κ2) is 5.33. The van der Waals surface area contributed by atoms with E-state index in [1.54, 1.807) is 48.5 Å². The van der Waals surface area contributed by atoms with Crippen LogP contribution in [0.3, 0.4) is 0 Å². The smallest absolute Gasteiger partial charge is 0.341 e. The highest BCUT2D eigenvalue weighted by molar-refractivity contribution is 5.78. The number of ether oxygens (including phenoxy) is 2. The Morgan fingerprint density at radius 1 is 0.882 bits per heavy atom. The average molecular weight is 248 g/mol. The van der Waals surface area contributed by atoms with Gasteiger partial charge in [-0.25, -0.2) is 14.6 Å². The van der Waals surface area contributed by atoms with Crippen molar-refractivity contribution in [1.29, 1.82) is 0 Å². The van der Waals surface area contributed by atoms with Gasteiger partial charge in [-0.3, -0.25) is 0 Å². The first-order valence-electron chi connectivity index (χ1n) is 5.55. The average Bonchev–Trinajstić information content (AvgIpc) is 2.12. The number of hydrogen-bond donors (Lipinski definition) is 0. The van der Waals surface area contributed by atoms with Gasteiger partial charge in [0.2, 0.25) is 0 Å². The van der Waals surface area contributed by atoms with Gasteiger partial charge in [-0.1, -0.05) is 0 Å². The van der Waals surface area contributed by atoms with Crippen LogP contribution in [-0.2, 0) is 24.0 Å². The largest absolute Gasteiger partial charge is 0.458 e. The fourth-order valence-electron chi connectivity index (χ4n) is 0.674. The van der Waals surface area contributed by atoms with Crippen molar-refractivity contribution in [2.75, 3.05) is 7.11 Å². The molecule has 0 aliphatic heterocycles. The molecule has 17 heavy (non-hydrogen) atoms. The minimum Gasteiger partial charge on any atom is -0.458 e. The molecular weight excluding hydrogens is 224 g/mol. The van der Waals surface area contributed by atoms with Crippen LogP contribution in [0.15, 0.2) is 0 Å². The predicted molar refractivity (Wildman–Crippen MR) is 63.2 cm³/mol. The van der Waals surface area contributed by atoms with Gasteiger partial charge in [-0.2, -0.15) is 0 Å². The molecule has 5 nitrogen and oxygen atoms in total. The van der Waals surface area contributed by atoms with Gasteiger partial charge in [-0.15, -0.1) is 0 Å². The molecule has 0 aromatic rings. The molecule has 0 aromatic carbocycles. The van der Waals surface area contributed by atoms with Gasteiger partial charge in [-0.05, 0) is 48.5 Å².